The molecule has 2 fully saturated rings. The first-order valence-corrected chi connectivity index (χ1v) is 6.65. The molecule has 2 heteroatoms. The van der Waals surface area contributed by atoms with Crippen LogP contribution < -0.4 is 5.32 Å². The minimum absolute atomic E-state index is 0.875. The van der Waals surface area contributed by atoms with Gasteiger partial charge in [0.1, 0.15) is 0 Å². The van der Waals surface area contributed by atoms with Gasteiger partial charge < -0.3 is 10.1 Å². The van der Waals surface area contributed by atoms with E-state index >= 15 is 0 Å². The Labute approximate surface area is 93.8 Å². The molecule has 0 aromatic heterocycles. The van der Waals surface area contributed by atoms with E-state index in [9.17, 15) is 0 Å². The molecule has 1 heterocycles. The maximum absolute atomic E-state index is 5.39. The van der Waals surface area contributed by atoms with E-state index in [1.807, 2.05) is 0 Å². The molecule has 0 bridgehead atoms. The Morgan fingerprint density at radius 2 is 1.93 bits per heavy atom. The van der Waals surface area contributed by atoms with E-state index in [-0.39, 0.29) is 0 Å². The van der Waals surface area contributed by atoms with Crippen LogP contribution in [-0.2, 0) is 4.74 Å². The molecular weight excluding hydrogens is 186 g/mol. The van der Waals surface area contributed by atoms with Gasteiger partial charge in [0.2, 0.25) is 0 Å². The zero-order valence-electron chi connectivity index (χ0n) is 10.0. The Morgan fingerprint density at radius 1 is 1.20 bits per heavy atom. The lowest BCUT2D eigenvalue weighted by Gasteiger charge is -2.24. The predicted molar refractivity (Wildman–Crippen MR) is 63.0 cm³/mol. The van der Waals surface area contributed by atoms with Crippen molar-refractivity contribution in [1.82, 2.24) is 5.32 Å². The molecule has 2 nitrogen and oxygen atoms in total. The smallest absolute Gasteiger partial charge is 0.0468 e. The second-order valence-corrected chi connectivity index (χ2v) is 5.41. The zero-order valence-corrected chi connectivity index (χ0v) is 10.0. The van der Waals surface area contributed by atoms with Gasteiger partial charge in [-0.15, -0.1) is 0 Å². The molecule has 0 spiro atoms. The first-order chi connectivity index (χ1) is 7.34. The summed E-state index contributed by atoms with van der Waals surface area (Å²) in [5.74, 6) is 1.83. The number of ether oxygens (including phenoxy) is 1. The van der Waals surface area contributed by atoms with Crippen molar-refractivity contribution >= 4 is 0 Å². The molecule has 0 aromatic carbocycles. The molecule has 2 rings (SSSR count). The number of rotatable bonds is 6. The van der Waals surface area contributed by atoms with E-state index in [1.165, 1.54) is 45.1 Å². The molecule has 0 radical (unpaired) electrons. The standard InChI is InChI=1S/C13H25NO/c1-11(4-7-14-13-2-3-13)10-12-5-8-15-9-6-12/h11-14H,2-10H2,1H3. The van der Waals surface area contributed by atoms with Crippen molar-refractivity contribution in [2.45, 2.75) is 51.5 Å². The summed E-state index contributed by atoms with van der Waals surface area (Å²) in [4.78, 5) is 0. The quantitative estimate of drug-likeness (QED) is 0.729. The van der Waals surface area contributed by atoms with E-state index < -0.39 is 0 Å². The lowest BCUT2D eigenvalue weighted by atomic mass is 9.88. The van der Waals surface area contributed by atoms with Crippen molar-refractivity contribution in [3.63, 3.8) is 0 Å². The normalized spacial score (nSPS) is 25.4. The van der Waals surface area contributed by atoms with Crippen LogP contribution in [0.15, 0.2) is 0 Å². The highest BCUT2D eigenvalue weighted by Crippen LogP contribution is 2.24. The van der Waals surface area contributed by atoms with Crippen LogP contribution in [0, 0.1) is 11.8 Å². The van der Waals surface area contributed by atoms with Gasteiger partial charge in [-0.05, 0) is 56.9 Å². The van der Waals surface area contributed by atoms with Gasteiger partial charge >= 0.3 is 0 Å². The minimum Gasteiger partial charge on any atom is -0.381 e. The second kappa shape index (κ2) is 5.86. The van der Waals surface area contributed by atoms with Crippen LogP contribution >= 0.6 is 0 Å². The Hall–Kier alpha value is -0.0800. The lowest BCUT2D eigenvalue weighted by Crippen LogP contribution is -2.22. The summed E-state index contributed by atoms with van der Waals surface area (Å²) in [6, 6.07) is 0.875. The molecule has 1 atom stereocenters. The summed E-state index contributed by atoms with van der Waals surface area (Å²) >= 11 is 0. The van der Waals surface area contributed by atoms with E-state index in [4.69, 9.17) is 4.74 Å². The van der Waals surface area contributed by atoms with Gasteiger partial charge in [-0.25, -0.2) is 0 Å². The molecular formula is C13H25NO. The summed E-state index contributed by atoms with van der Waals surface area (Å²) in [6.45, 7) is 5.63. The number of nitrogens with one attached hydrogen (secondary N) is 1. The molecule has 1 saturated heterocycles. The Bertz CT molecular complexity index is 173. The number of hydrogen-bond donors (Lipinski definition) is 1. The molecule has 0 aromatic rings. The third-order valence-electron chi connectivity index (χ3n) is 3.72. The zero-order chi connectivity index (χ0) is 10.5. The summed E-state index contributed by atoms with van der Waals surface area (Å²) < 4.78 is 5.39. The average molecular weight is 211 g/mol. The van der Waals surface area contributed by atoms with Crippen LogP contribution in [0.1, 0.15) is 45.4 Å². The fourth-order valence-corrected chi connectivity index (χ4v) is 2.49. The predicted octanol–water partition coefficient (Wildman–Crippen LogP) is 2.58. The maximum atomic E-state index is 5.39. The molecule has 1 aliphatic heterocycles. The van der Waals surface area contributed by atoms with Gasteiger partial charge in [0, 0.05) is 19.3 Å². The van der Waals surface area contributed by atoms with E-state index in [2.05, 4.69) is 12.2 Å². The van der Waals surface area contributed by atoms with Crippen LogP contribution in [0.5, 0.6) is 0 Å². The highest BCUT2D eigenvalue weighted by molar-refractivity contribution is 4.80. The van der Waals surface area contributed by atoms with Gasteiger partial charge in [0.05, 0.1) is 0 Å². The largest absolute Gasteiger partial charge is 0.381 e. The van der Waals surface area contributed by atoms with Crippen molar-refractivity contribution in [3.05, 3.63) is 0 Å². The van der Waals surface area contributed by atoms with Gasteiger partial charge in [-0.1, -0.05) is 6.92 Å². The molecule has 1 N–H and O–H groups in total. The van der Waals surface area contributed by atoms with E-state index in [0.29, 0.717) is 0 Å². The van der Waals surface area contributed by atoms with Crippen molar-refractivity contribution in [1.29, 1.82) is 0 Å². The van der Waals surface area contributed by atoms with Crippen LogP contribution in [0.3, 0.4) is 0 Å². The van der Waals surface area contributed by atoms with Crippen LogP contribution in [-0.4, -0.2) is 25.8 Å². The molecule has 1 aliphatic carbocycles. The summed E-state index contributed by atoms with van der Waals surface area (Å²) in [5, 5.41) is 3.60. The van der Waals surface area contributed by atoms with Gasteiger partial charge in [0.15, 0.2) is 0 Å². The van der Waals surface area contributed by atoms with Gasteiger partial charge in [-0.2, -0.15) is 0 Å². The van der Waals surface area contributed by atoms with E-state index in [0.717, 1.165) is 31.1 Å². The van der Waals surface area contributed by atoms with Gasteiger partial charge in [-0.3, -0.25) is 0 Å². The first-order valence-electron chi connectivity index (χ1n) is 6.65. The molecule has 2 aliphatic rings. The third kappa shape index (κ3) is 4.52. The fraction of sp³-hybridized carbons (Fsp3) is 1.00. The van der Waals surface area contributed by atoms with Crippen LogP contribution in [0.25, 0.3) is 0 Å². The highest BCUT2D eigenvalue weighted by atomic mass is 16.5. The SMILES string of the molecule is CC(CCNC1CC1)CC1CCOCC1. The second-order valence-electron chi connectivity index (χ2n) is 5.41. The summed E-state index contributed by atoms with van der Waals surface area (Å²) in [6.07, 6.45) is 8.17. The van der Waals surface area contributed by atoms with Crippen molar-refractivity contribution in [2.24, 2.45) is 11.8 Å². The Balaban J connectivity index is 1.51. The van der Waals surface area contributed by atoms with Crippen LogP contribution in [0.2, 0.25) is 0 Å². The summed E-state index contributed by atoms with van der Waals surface area (Å²) in [7, 11) is 0. The van der Waals surface area contributed by atoms with Crippen molar-refractivity contribution in [2.75, 3.05) is 19.8 Å². The third-order valence-corrected chi connectivity index (χ3v) is 3.72. The monoisotopic (exact) mass is 211 g/mol. The average Bonchev–Trinajstić information content (AvgIpc) is 3.03. The summed E-state index contributed by atoms with van der Waals surface area (Å²) in [5.41, 5.74) is 0. The lowest BCUT2D eigenvalue weighted by molar-refractivity contribution is 0.0590. The highest BCUT2D eigenvalue weighted by Gasteiger charge is 2.21. The van der Waals surface area contributed by atoms with Crippen LogP contribution in [0.4, 0.5) is 0 Å². The molecule has 88 valence electrons. The van der Waals surface area contributed by atoms with Gasteiger partial charge in [0.25, 0.3) is 0 Å². The van der Waals surface area contributed by atoms with E-state index in [1.54, 1.807) is 0 Å². The van der Waals surface area contributed by atoms with Crippen molar-refractivity contribution < 1.29 is 4.74 Å². The molecule has 15 heavy (non-hydrogen) atoms. The fourth-order valence-electron chi connectivity index (χ4n) is 2.49. The molecule has 1 unspecified atom stereocenters. The van der Waals surface area contributed by atoms with Crippen molar-refractivity contribution in [3.8, 4) is 0 Å². The topological polar surface area (TPSA) is 21.3 Å². The molecule has 1 saturated carbocycles. The maximum Gasteiger partial charge on any atom is 0.0468 e. The Kier molecular flexibility index (Phi) is 4.45. The first kappa shape index (κ1) is 11.4. The number of hydrogen-bond acceptors (Lipinski definition) is 2. The molecule has 0 amide bonds. The Morgan fingerprint density at radius 3 is 2.60 bits per heavy atom. The minimum atomic E-state index is 0.875.